The van der Waals surface area contributed by atoms with Gasteiger partial charge in [0.1, 0.15) is 12.4 Å². The fourth-order valence-electron chi connectivity index (χ4n) is 3.56. The normalized spacial score (nSPS) is 28.4. The van der Waals surface area contributed by atoms with E-state index in [1.165, 1.54) is 5.57 Å². The smallest absolute Gasteiger partial charge is 0.313 e. The van der Waals surface area contributed by atoms with Crippen molar-refractivity contribution < 1.29 is 14.3 Å². The number of hydrogen-bond acceptors (Lipinski definition) is 4. The third-order valence-electron chi connectivity index (χ3n) is 4.66. The Balaban J connectivity index is 1.72. The highest BCUT2D eigenvalue weighted by atomic mass is 16.5. The van der Waals surface area contributed by atoms with E-state index >= 15 is 0 Å². The van der Waals surface area contributed by atoms with E-state index < -0.39 is 5.41 Å². The molecule has 3 rings (SSSR count). The van der Waals surface area contributed by atoms with Crippen LogP contribution in [0.3, 0.4) is 0 Å². The first-order valence-electron chi connectivity index (χ1n) is 7.81. The molecule has 4 heteroatoms. The molecular weight excluding hydrogens is 278 g/mol. The van der Waals surface area contributed by atoms with Gasteiger partial charge in [0.2, 0.25) is 0 Å². The van der Waals surface area contributed by atoms with E-state index in [1.54, 1.807) is 0 Å². The summed E-state index contributed by atoms with van der Waals surface area (Å²) in [6, 6.07) is 7.93. The summed E-state index contributed by atoms with van der Waals surface area (Å²) in [6.07, 6.45) is 2.36. The van der Waals surface area contributed by atoms with Crippen molar-refractivity contribution in [3.05, 3.63) is 42.0 Å². The molecule has 1 saturated heterocycles. The summed E-state index contributed by atoms with van der Waals surface area (Å²) in [5.41, 5.74) is 7.58. The zero-order valence-electron chi connectivity index (χ0n) is 13.0. The number of nitrogens with two attached hydrogens (primary N) is 1. The predicted molar refractivity (Wildman–Crippen MR) is 84.5 cm³/mol. The van der Waals surface area contributed by atoms with Crippen LogP contribution in [0.5, 0.6) is 5.75 Å². The van der Waals surface area contributed by atoms with Gasteiger partial charge in [-0.1, -0.05) is 24.3 Å². The van der Waals surface area contributed by atoms with Crippen LogP contribution in [0.25, 0.3) is 0 Å². The molecule has 2 fully saturated rings. The molecule has 0 bridgehead atoms. The van der Waals surface area contributed by atoms with Crippen LogP contribution in [0.15, 0.2) is 36.4 Å². The van der Waals surface area contributed by atoms with Crippen LogP contribution < -0.4 is 10.5 Å². The van der Waals surface area contributed by atoms with Crippen LogP contribution in [0.1, 0.15) is 25.3 Å². The molecule has 22 heavy (non-hydrogen) atoms. The minimum atomic E-state index is -0.398. The number of ether oxygens (including phenoxy) is 2. The number of rotatable bonds is 5. The molecule has 0 spiro atoms. The van der Waals surface area contributed by atoms with Gasteiger partial charge in [0.15, 0.2) is 0 Å². The third-order valence-corrected chi connectivity index (χ3v) is 4.66. The molecule has 4 nitrogen and oxygen atoms in total. The van der Waals surface area contributed by atoms with E-state index in [4.69, 9.17) is 15.2 Å². The van der Waals surface area contributed by atoms with Gasteiger partial charge in [0.25, 0.3) is 0 Å². The fourth-order valence-corrected chi connectivity index (χ4v) is 3.56. The number of cyclic esters (lactones) is 1. The number of benzene rings is 1. The van der Waals surface area contributed by atoms with Crippen molar-refractivity contribution >= 4 is 5.97 Å². The summed E-state index contributed by atoms with van der Waals surface area (Å²) >= 11 is 0. The molecule has 1 aliphatic heterocycles. The molecular formula is C18H23NO3. The molecule has 1 saturated carbocycles. The van der Waals surface area contributed by atoms with Crippen LogP contribution in [-0.4, -0.2) is 25.2 Å². The quantitative estimate of drug-likeness (QED) is 0.670. The SMILES string of the molecule is C=C1CC2COC(=O)C2(Cc2ccc(OCC(C)N)cc2)C1. The number of fused-ring (bicyclic) bond motifs is 1. The molecule has 1 aliphatic carbocycles. The minimum Gasteiger partial charge on any atom is -0.492 e. The van der Waals surface area contributed by atoms with Gasteiger partial charge in [-0.25, -0.2) is 0 Å². The second-order valence-electron chi connectivity index (χ2n) is 6.69. The van der Waals surface area contributed by atoms with E-state index in [9.17, 15) is 4.79 Å². The first-order chi connectivity index (χ1) is 10.5. The maximum Gasteiger partial charge on any atom is 0.313 e. The molecule has 3 atom stereocenters. The summed E-state index contributed by atoms with van der Waals surface area (Å²) in [6.45, 7) is 7.01. The second kappa shape index (κ2) is 5.76. The number of carbonyl (C=O) groups excluding carboxylic acids is 1. The number of carbonyl (C=O) groups is 1. The van der Waals surface area contributed by atoms with Crippen LogP contribution >= 0.6 is 0 Å². The van der Waals surface area contributed by atoms with E-state index in [0.717, 1.165) is 24.2 Å². The van der Waals surface area contributed by atoms with Crippen molar-refractivity contribution in [2.24, 2.45) is 17.1 Å². The molecule has 1 heterocycles. The molecule has 2 aliphatic rings. The Bertz CT molecular complexity index is 578. The summed E-state index contributed by atoms with van der Waals surface area (Å²) in [5.74, 6) is 1.02. The standard InChI is InChI=1S/C18H23NO3/c1-12-7-15-11-22-17(20)18(15,8-12)9-14-3-5-16(6-4-14)21-10-13(2)19/h3-6,13,15H,1,7-11,19H2,2H3. The molecule has 118 valence electrons. The van der Waals surface area contributed by atoms with Gasteiger partial charge in [-0.05, 0) is 43.9 Å². The monoisotopic (exact) mass is 301 g/mol. The van der Waals surface area contributed by atoms with E-state index in [2.05, 4.69) is 6.58 Å². The van der Waals surface area contributed by atoms with Gasteiger partial charge in [-0.15, -0.1) is 0 Å². The van der Waals surface area contributed by atoms with Crippen LogP contribution in [0.2, 0.25) is 0 Å². The Hall–Kier alpha value is -1.81. The summed E-state index contributed by atoms with van der Waals surface area (Å²) < 4.78 is 10.9. The van der Waals surface area contributed by atoms with Gasteiger partial charge in [-0.2, -0.15) is 0 Å². The van der Waals surface area contributed by atoms with Gasteiger partial charge < -0.3 is 15.2 Å². The van der Waals surface area contributed by atoms with Gasteiger partial charge in [0, 0.05) is 12.0 Å². The topological polar surface area (TPSA) is 61.5 Å². The summed E-state index contributed by atoms with van der Waals surface area (Å²) in [7, 11) is 0. The van der Waals surface area contributed by atoms with Crippen molar-refractivity contribution in [3.63, 3.8) is 0 Å². The molecule has 0 radical (unpaired) electrons. The fraction of sp³-hybridized carbons (Fsp3) is 0.500. The van der Waals surface area contributed by atoms with E-state index in [1.807, 2.05) is 31.2 Å². The lowest BCUT2D eigenvalue weighted by atomic mass is 9.75. The van der Waals surface area contributed by atoms with Gasteiger partial charge in [0.05, 0.1) is 12.0 Å². The third kappa shape index (κ3) is 2.75. The Morgan fingerprint density at radius 3 is 2.86 bits per heavy atom. The van der Waals surface area contributed by atoms with Crippen LogP contribution in [0, 0.1) is 11.3 Å². The summed E-state index contributed by atoms with van der Waals surface area (Å²) in [4.78, 5) is 12.3. The van der Waals surface area contributed by atoms with Crippen LogP contribution in [0.4, 0.5) is 0 Å². The summed E-state index contributed by atoms with van der Waals surface area (Å²) in [5, 5.41) is 0. The molecule has 0 amide bonds. The van der Waals surface area contributed by atoms with Crippen molar-refractivity contribution in [1.29, 1.82) is 0 Å². The van der Waals surface area contributed by atoms with Crippen molar-refractivity contribution in [2.75, 3.05) is 13.2 Å². The average molecular weight is 301 g/mol. The van der Waals surface area contributed by atoms with Crippen molar-refractivity contribution in [1.82, 2.24) is 0 Å². The first-order valence-corrected chi connectivity index (χ1v) is 7.81. The number of hydrogen-bond donors (Lipinski definition) is 1. The number of esters is 1. The zero-order chi connectivity index (χ0) is 15.7. The highest BCUT2D eigenvalue weighted by Crippen LogP contribution is 2.52. The second-order valence-corrected chi connectivity index (χ2v) is 6.69. The van der Waals surface area contributed by atoms with Gasteiger partial charge in [-0.3, -0.25) is 4.79 Å². The Kier molecular flexibility index (Phi) is 3.96. The Morgan fingerprint density at radius 1 is 1.45 bits per heavy atom. The van der Waals surface area contributed by atoms with Crippen molar-refractivity contribution in [3.8, 4) is 5.75 Å². The zero-order valence-corrected chi connectivity index (χ0v) is 13.0. The van der Waals surface area contributed by atoms with Crippen molar-refractivity contribution in [2.45, 2.75) is 32.2 Å². The average Bonchev–Trinajstić information content (AvgIpc) is 2.94. The first kappa shape index (κ1) is 15.1. The molecule has 1 aromatic carbocycles. The number of allylic oxidation sites excluding steroid dienone is 1. The Morgan fingerprint density at radius 2 is 2.18 bits per heavy atom. The van der Waals surface area contributed by atoms with Crippen LogP contribution in [-0.2, 0) is 16.0 Å². The van der Waals surface area contributed by atoms with E-state index in [0.29, 0.717) is 19.6 Å². The highest BCUT2D eigenvalue weighted by Gasteiger charge is 2.55. The lowest BCUT2D eigenvalue weighted by Crippen LogP contribution is -2.31. The molecule has 0 aromatic heterocycles. The molecule has 1 aromatic rings. The molecule has 2 N–H and O–H groups in total. The largest absolute Gasteiger partial charge is 0.492 e. The Labute approximate surface area is 131 Å². The maximum absolute atomic E-state index is 12.3. The predicted octanol–water partition coefficient (Wildman–Crippen LogP) is 2.46. The highest BCUT2D eigenvalue weighted by molar-refractivity contribution is 5.81. The lowest BCUT2D eigenvalue weighted by Gasteiger charge is -2.24. The lowest BCUT2D eigenvalue weighted by molar-refractivity contribution is -0.146. The van der Waals surface area contributed by atoms with E-state index in [-0.39, 0.29) is 17.9 Å². The maximum atomic E-state index is 12.3. The minimum absolute atomic E-state index is 0.0112. The molecule has 3 unspecified atom stereocenters. The van der Waals surface area contributed by atoms with Gasteiger partial charge >= 0.3 is 5.97 Å².